The molecule has 0 radical (unpaired) electrons. The third-order valence-corrected chi connectivity index (χ3v) is 2.97. The average Bonchev–Trinajstić information content (AvgIpc) is 3.23. The van der Waals surface area contributed by atoms with Crippen LogP contribution in [-0.4, -0.2) is 31.3 Å². The number of rotatable bonds is 6. The van der Waals surface area contributed by atoms with E-state index in [1.54, 1.807) is 0 Å². The highest BCUT2D eigenvalue weighted by molar-refractivity contribution is 5.78. The number of amides is 1. The molecule has 20 heavy (non-hydrogen) atoms. The molecule has 108 valence electrons. The maximum absolute atomic E-state index is 11.5. The van der Waals surface area contributed by atoms with E-state index < -0.39 is 6.09 Å². The minimum atomic E-state index is -0.520. The third-order valence-electron chi connectivity index (χ3n) is 2.97. The molecule has 2 rings (SSSR count). The number of carbonyl (C=O) groups is 2. The summed E-state index contributed by atoms with van der Waals surface area (Å²) in [6, 6.07) is 9.20. The smallest absolute Gasteiger partial charge is 0.407 e. The molecule has 1 saturated carbocycles. The zero-order chi connectivity index (χ0) is 14.4. The highest BCUT2D eigenvalue weighted by Gasteiger charge is 2.45. The number of nitrogens with two attached hydrogens (primary N) is 1. The minimum absolute atomic E-state index is 0.191. The Labute approximate surface area is 117 Å². The van der Waals surface area contributed by atoms with Gasteiger partial charge in [-0.2, -0.15) is 0 Å². The SMILES string of the molecule is NCCOC(=O)[C@H]1C[C@@H]1NC(=O)OCc1ccccc1. The Morgan fingerprint density at radius 1 is 1.25 bits per heavy atom. The molecule has 1 aliphatic carbocycles. The molecule has 0 unspecified atom stereocenters. The Morgan fingerprint density at radius 3 is 2.70 bits per heavy atom. The number of hydrogen-bond donors (Lipinski definition) is 2. The molecule has 6 nitrogen and oxygen atoms in total. The van der Waals surface area contributed by atoms with Crippen molar-refractivity contribution in [3.8, 4) is 0 Å². The van der Waals surface area contributed by atoms with Crippen molar-refractivity contribution in [2.75, 3.05) is 13.2 Å². The molecule has 0 bridgehead atoms. The van der Waals surface area contributed by atoms with Crippen molar-refractivity contribution in [1.82, 2.24) is 5.32 Å². The highest BCUT2D eigenvalue weighted by atomic mass is 16.5. The summed E-state index contributed by atoms with van der Waals surface area (Å²) in [5.74, 6) is -0.588. The van der Waals surface area contributed by atoms with Gasteiger partial charge in [-0.3, -0.25) is 4.79 Å². The minimum Gasteiger partial charge on any atom is -0.464 e. The van der Waals surface area contributed by atoms with Gasteiger partial charge in [-0.1, -0.05) is 30.3 Å². The van der Waals surface area contributed by atoms with E-state index in [1.165, 1.54) is 0 Å². The summed E-state index contributed by atoms with van der Waals surface area (Å²) in [7, 11) is 0. The Morgan fingerprint density at radius 2 is 2.00 bits per heavy atom. The molecular formula is C14H18N2O4. The Bertz CT molecular complexity index is 464. The number of hydrogen-bond acceptors (Lipinski definition) is 5. The van der Waals surface area contributed by atoms with Crippen molar-refractivity contribution < 1.29 is 19.1 Å². The van der Waals surface area contributed by atoms with Crippen LogP contribution in [0.3, 0.4) is 0 Å². The van der Waals surface area contributed by atoms with Gasteiger partial charge < -0.3 is 20.5 Å². The molecule has 1 aliphatic rings. The van der Waals surface area contributed by atoms with E-state index in [0.717, 1.165) is 5.56 Å². The van der Waals surface area contributed by atoms with Gasteiger partial charge >= 0.3 is 12.1 Å². The van der Waals surface area contributed by atoms with Gasteiger partial charge in [0.05, 0.1) is 5.92 Å². The zero-order valence-corrected chi connectivity index (χ0v) is 11.1. The fourth-order valence-corrected chi connectivity index (χ4v) is 1.80. The first-order valence-corrected chi connectivity index (χ1v) is 6.54. The number of nitrogens with one attached hydrogen (secondary N) is 1. The molecule has 0 heterocycles. The number of carbonyl (C=O) groups excluding carboxylic acids is 2. The topological polar surface area (TPSA) is 90.6 Å². The van der Waals surface area contributed by atoms with Gasteiger partial charge in [-0.15, -0.1) is 0 Å². The number of esters is 1. The summed E-state index contributed by atoms with van der Waals surface area (Å²) in [6.45, 7) is 0.720. The van der Waals surface area contributed by atoms with Crippen molar-refractivity contribution in [3.05, 3.63) is 35.9 Å². The maximum atomic E-state index is 11.5. The molecule has 3 N–H and O–H groups in total. The van der Waals surface area contributed by atoms with Crippen LogP contribution in [0.4, 0.5) is 4.79 Å². The van der Waals surface area contributed by atoms with Crippen molar-refractivity contribution in [2.45, 2.75) is 19.1 Å². The van der Waals surface area contributed by atoms with Crippen molar-refractivity contribution in [1.29, 1.82) is 0 Å². The lowest BCUT2D eigenvalue weighted by atomic mass is 10.2. The molecular weight excluding hydrogens is 260 g/mol. The Balaban J connectivity index is 1.65. The van der Waals surface area contributed by atoms with Gasteiger partial charge in [0.1, 0.15) is 13.2 Å². The van der Waals surface area contributed by atoms with E-state index in [-0.39, 0.29) is 31.1 Å². The summed E-state index contributed by atoms with van der Waals surface area (Å²) in [5, 5.41) is 2.64. The first-order valence-electron chi connectivity index (χ1n) is 6.54. The van der Waals surface area contributed by atoms with E-state index >= 15 is 0 Å². The summed E-state index contributed by atoms with van der Waals surface area (Å²) < 4.78 is 9.97. The molecule has 6 heteroatoms. The second-order valence-corrected chi connectivity index (χ2v) is 4.61. The summed E-state index contributed by atoms with van der Waals surface area (Å²) in [5.41, 5.74) is 6.15. The lowest BCUT2D eigenvalue weighted by molar-refractivity contribution is -0.145. The predicted molar refractivity (Wildman–Crippen MR) is 71.7 cm³/mol. The van der Waals surface area contributed by atoms with E-state index in [0.29, 0.717) is 13.0 Å². The molecule has 2 atom stereocenters. The number of alkyl carbamates (subject to hydrolysis) is 1. The van der Waals surface area contributed by atoms with E-state index in [1.807, 2.05) is 30.3 Å². The number of ether oxygens (including phenoxy) is 2. The van der Waals surface area contributed by atoms with Crippen LogP contribution in [0.1, 0.15) is 12.0 Å². The fraction of sp³-hybridized carbons (Fsp3) is 0.429. The molecule has 0 saturated heterocycles. The van der Waals surface area contributed by atoms with Crippen LogP contribution in [0.15, 0.2) is 30.3 Å². The van der Waals surface area contributed by atoms with Gasteiger partial charge in [0.25, 0.3) is 0 Å². The molecule has 0 aromatic heterocycles. The Hall–Kier alpha value is -2.08. The first kappa shape index (κ1) is 14.3. The van der Waals surface area contributed by atoms with Crippen molar-refractivity contribution in [2.24, 2.45) is 11.7 Å². The summed E-state index contributed by atoms with van der Waals surface area (Å²) >= 11 is 0. The number of benzene rings is 1. The summed E-state index contributed by atoms with van der Waals surface area (Å²) in [6.07, 6.45) is 0.0668. The fourth-order valence-electron chi connectivity index (χ4n) is 1.80. The quantitative estimate of drug-likeness (QED) is 0.751. The molecule has 1 aromatic carbocycles. The van der Waals surface area contributed by atoms with E-state index in [9.17, 15) is 9.59 Å². The van der Waals surface area contributed by atoms with E-state index in [2.05, 4.69) is 5.32 Å². The van der Waals surface area contributed by atoms with Crippen molar-refractivity contribution >= 4 is 12.1 Å². The van der Waals surface area contributed by atoms with Crippen molar-refractivity contribution in [3.63, 3.8) is 0 Å². The van der Waals surface area contributed by atoms with Crippen LogP contribution in [0, 0.1) is 5.92 Å². The van der Waals surface area contributed by atoms with Gasteiger partial charge in [0.2, 0.25) is 0 Å². The normalized spacial score (nSPS) is 20.1. The van der Waals surface area contributed by atoms with Crippen LogP contribution in [0.25, 0.3) is 0 Å². The lowest BCUT2D eigenvalue weighted by Crippen LogP contribution is -2.29. The van der Waals surface area contributed by atoms with Gasteiger partial charge in [-0.05, 0) is 12.0 Å². The molecule has 1 fully saturated rings. The second-order valence-electron chi connectivity index (χ2n) is 4.61. The lowest BCUT2D eigenvalue weighted by Gasteiger charge is -2.07. The van der Waals surface area contributed by atoms with Crippen LogP contribution in [-0.2, 0) is 20.9 Å². The first-order chi connectivity index (χ1) is 9.70. The van der Waals surface area contributed by atoms with Crippen LogP contribution in [0.5, 0.6) is 0 Å². The van der Waals surface area contributed by atoms with Crippen LogP contribution in [0.2, 0.25) is 0 Å². The largest absolute Gasteiger partial charge is 0.464 e. The molecule has 0 spiro atoms. The molecule has 0 aliphatic heterocycles. The highest BCUT2D eigenvalue weighted by Crippen LogP contribution is 2.31. The maximum Gasteiger partial charge on any atom is 0.407 e. The zero-order valence-electron chi connectivity index (χ0n) is 11.1. The summed E-state index contributed by atoms with van der Waals surface area (Å²) in [4.78, 5) is 23.0. The van der Waals surface area contributed by atoms with Gasteiger partial charge in [0.15, 0.2) is 0 Å². The van der Waals surface area contributed by atoms with Crippen LogP contribution < -0.4 is 11.1 Å². The third kappa shape index (κ3) is 4.24. The Kier molecular flexibility index (Phi) is 4.95. The second kappa shape index (κ2) is 6.91. The molecule has 1 amide bonds. The monoisotopic (exact) mass is 278 g/mol. The van der Waals surface area contributed by atoms with Gasteiger partial charge in [0, 0.05) is 12.6 Å². The standard InChI is InChI=1S/C14H18N2O4/c15-6-7-19-13(17)11-8-12(11)16-14(18)20-9-10-4-2-1-3-5-10/h1-5,11-12H,6-9,15H2,(H,16,18)/t11-,12-/m0/s1. The predicted octanol–water partition coefficient (Wildman–Crippen LogP) is 0.803. The van der Waals surface area contributed by atoms with Crippen LogP contribution >= 0.6 is 0 Å². The van der Waals surface area contributed by atoms with Gasteiger partial charge in [-0.25, -0.2) is 4.79 Å². The molecule has 1 aromatic rings. The van der Waals surface area contributed by atoms with E-state index in [4.69, 9.17) is 15.2 Å². The average molecular weight is 278 g/mol.